The molecule has 2 heteroatoms. The van der Waals surface area contributed by atoms with Gasteiger partial charge in [-0.05, 0) is 18.4 Å². The fraction of sp³-hybridized carbons (Fsp3) is 0.462. The van der Waals surface area contributed by atoms with Gasteiger partial charge in [-0.1, -0.05) is 30.3 Å². The lowest BCUT2D eigenvalue weighted by Gasteiger charge is -2.21. The van der Waals surface area contributed by atoms with Crippen molar-refractivity contribution >= 4 is 5.78 Å². The van der Waals surface area contributed by atoms with Gasteiger partial charge in [0.15, 0.2) is 0 Å². The van der Waals surface area contributed by atoms with Gasteiger partial charge in [-0.15, -0.1) is 0 Å². The summed E-state index contributed by atoms with van der Waals surface area (Å²) in [6.07, 6.45) is 2.64. The molecule has 2 nitrogen and oxygen atoms in total. The van der Waals surface area contributed by atoms with Crippen LogP contribution in [-0.4, -0.2) is 12.9 Å². The molecule has 0 aliphatic heterocycles. The minimum Gasteiger partial charge on any atom is -0.376 e. The molecule has 2 rings (SSSR count). The standard InChI is InChI=1S/C13H16O2/c1-15-13(10-6-3-2-4-7-10)11-8-5-9-12(11)14/h2-4,6-7,11,13H,5,8-9H2,1H3/t11-,13-/m1/s1. The molecule has 0 heterocycles. The summed E-state index contributed by atoms with van der Waals surface area (Å²) in [5.74, 6) is 0.420. The lowest BCUT2D eigenvalue weighted by atomic mass is 9.93. The van der Waals surface area contributed by atoms with Crippen LogP contribution in [0, 0.1) is 5.92 Å². The summed E-state index contributed by atoms with van der Waals surface area (Å²) in [4.78, 5) is 11.7. The Morgan fingerprint density at radius 3 is 2.60 bits per heavy atom. The largest absolute Gasteiger partial charge is 0.376 e. The van der Waals surface area contributed by atoms with Crippen molar-refractivity contribution in [2.24, 2.45) is 5.92 Å². The van der Waals surface area contributed by atoms with E-state index in [1.165, 1.54) is 0 Å². The van der Waals surface area contributed by atoms with Crippen LogP contribution in [0.5, 0.6) is 0 Å². The van der Waals surface area contributed by atoms with E-state index in [2.05, 4.69) is 0 Å². The smallest absolute Gasteiger partial charge is 0.138 e. The number of hydrogen-bond donors (Lipinski definition) is 0. The fourth-order valence-electron chi connectivity index (χ4n) is 2.34. The predicted molar refractivity (Wildman–Crippen MR) is 58.5 cm³/mol. The van der Waals surface area contributed by atoms with Crippen LogP contribution < -0.4 is 0 Å². The summed E-state index contributed by atoms with van der Waals surface area (Å²) >= 11 is 0. The summed E-state index contributed by atoms with van der Waals surface area (Å²) in [5, 5.41) is 0. The van der Waals surface area contributed by atoms with Crippen LogP contribution in [0.1, 0.15) is 30.9 Å². The van der Waals surface area contributed by atoms with Crippen molar-refractivity contribution in [1.29, 1.82) is 0 Å². The van der Waals surface area contributed by atoms with Gasteiger partial charge >= 0.3 is 0 Å². The number of carbonyl (C=O) groups excluding carboxylic acids is 1. The first-order valence-corrected chi connectivity index (χ1v) is 5.43. The van der Waals surface area contributed by atoms with Crippen LogP contribution in [-0.2, 0) is 9.53 Å². The number of ether oxygens (including phenoxy) is 1. The van der Waals surface area contributed by atoms with Crippen molar-refractivity contribution in [2.45, 2.75) is 25.4 Å². The monoisotopic (exact) mass is 204 g/mol. The van der Waals surface area contributed by atoms with Crippen LogP contribution in [0.3, 0.4) is 0 Å². The topological polar surface area (TPSA) is 26.3 Å². The zero-order valence-corrected chi connectivity index (χ0v) is 8.98. The van der Waals surface area contributed by atoms with Crippen LogP contribution >= 0.6 is 0 Å². The Morgan fingerprint density at radius 1 is 1.33 bits per heavy atom. The van der Waals surface area contributed by atoms with Crippen LogP contribution in [0.4, 0.5) is 0 Å². The number of rotatable bonds is 3. The normalized spacial score (nSPS) is 23.0. The SMILES string of the molecule is CO[C@H](c1ccccc1)[C@@H]1CCCC1=O. The molecule has 0 saturated heterocycles. The molecular weight excluding hydrogens is 188 g/mol. The number of carbonyl (C=O) groups is 1. The van der Waals surface area contributed by atoms with Crippen molar-refractivity contribution in [2.75, 3.05) is 7.11 Å². The molecule has 0 amide bonds. The Hall–Kier alpha value is -1.15. The van der Waals surface area contributed by atoms with Gasteiger partial charge in [0.05, 0.1) is 6.10 Å². The number of Topliss-reactive ketones (excluding diaryl/α,β-unsaturated/α-hetero) is 1. The zero-order chi connectivity index (χ0) is 10.7. The molecule has 0 N–H and O–H groups in total. The van der Waals surface area contributed by atoms with E-state index in [9.17, 15) is 4.79 Å². The first kappa shape index (κ1) is 10.4. The molecule has 1 aliphatic rings. The van der Waals surface area contributed by atoms with Gasteiger partial charge < -0.3 is 4.74 Å². The van der Waals surface area contributed by atoms with E-state index in [1.54, 1.807) is 7.11 Å². The van der Waals surface area contributed by atoms with E-state index in [0.29, 0.717) is 5.78 Å². The molecular formula is C13H16O2. The van der Waals surface area contributed by atoms with Gasteiger partial charge in [-0.25, -0.2) is 0 Å². The highest BCUT2D eigenvalue weighted by molar-refractivity contribution is 5.83. The number of benzene rings is 1. The average molecular weight is 204 g/mol. The summed E-state index contributed by atoms with van der Waals surface area (Å²) in [6.45, 7) is 0. The average Bonchev–Trinajstić information content (AvgIpc) is 2.68. The summed E-state index contributed by atoms with van der Waals surface area (Å²) in [6, 6.07) is 10.0. The van der Waals surface area contributed by atoms with E-state index < -0.39 is 0 Å². The molecule has 0 aromatic heterocycles. The van der Waals surface area contributed by atoms with Crippen molar-refractivity contribution < 1.29 is 9.53 Å². The molecule has 1 aromatic carbocycles. The second-order valence-electron chi connectivity index (χ2n) is 4.03. The second-order valence-corrected chi connectivity index (χ2v) is 4.03. The first-order chi connectivity index (χ1) is 7.33. The Labute approximate surface area is 90.3 Å². The lowest BCUT2D eigenvalue weighted by molar-refractivity contribution is -0.124. The third kappa shape index (κ3) is 2.10. The molecule has 0 spiro atoms. The minimum atomic E-state index is -0.0544. The first-order valence-electron chi connectivity index (χ1n) is 5.43. The summed E-state index contributed by atoms with van der Waals surface area (Å²) in [7, 11) is 1.68. The van der Waals surface area contributed by atoms with E-state index in [-0.39, 0.29) is 12.0 Å². The highest BCUT2D eigenvalue weighted by Crippen LogP contribution is 2.35. The van der Waals surface area contributed by atoms with Crippen molar-refractivity contribution in [3.05, 3.63) is 35.9 Å². The van der Waals surface area contributed by atoms with Crippen molar-refractivity contribution in [1.82, 2.24) is 0 Å². The van der Waals surface area contributed by atoms with Gasteiger partial charge in [0.1, 0.15) is 5.78 Å². The van der Waals surface area contributed by atoms with E-state index in [0.717, 1.165) is 24.8 Å². The Bertz CT molecular complexity index is 332. The van der Waals surface area contributed by atoms with Gasteiger partial charge in [0.2, 0.25) is 0 Å². The second kappa shape index (κ2) is 4.58. The number of methoxy groups -OCH3 is 1. The maximum atomic E-state index is 11.7. The maximum Gasteiger partial charge on any atom is 0.138 e. The highest BCUT2D eigenvalue weighted by atomic mass is 16.5. The van der Waals surface area contributed by atoms with E-state index in [1.807, 2.05) is 30.3 Å². The van der Waals surface area contributed by atoms with E-state index in [4.69, 9.17) is 4.74 Å². The molecule has 0 radical (unpaired) electrons. The molecule has 2 atom stereocenters. The third-order valence-corrected chi connectivity index (χ3v) is 3.10. The summed E-state index contributed by atoms with van der Waals surface area (Å²) < 4.78 is 5.47. The lowest BCUT2D eigenvalue weighted by Crippen LogP contribution is -2.18. The molecule has 1 saturated carbocycles. The quantitative estimate of drug-likeness (QED) is 0.756. The van der Waals surface area contributed by atoms with E-state index >= 15 is 0 Å². The Morgan fingerprint density at radius 2 is 2.07 bits per heavy atom. The van der Waals surface area contributed by atoms with Gasteiger partial charge in [-0.3, -0.25) is 4.79 Å². The van der Waals surface area contributed by atoms with Crippen molar-refractivity contribution in [3.8, 4) is 0 Å². The van der Waals surface area contributed by atoms with Crippen LogP contribution in [0.25, 0.3) is 0 Å². The maximum absolute atomic E-state index is 11.7. The number of ketones is 1. The molecule has 0 bridgehead atoms. The molecule has 0 unspecified atom stereocenters. The van der Waals surface area contributed by atoms with Gasteiger partial charge in [0.25, 0.3) is 0 Å². The Kier molecular flexibility index (Phi) is 3.17. The third-order valence-electron chi connectivity index (χ3n) is 3.10. The Balaban J connectivity index is 2.20. The van der Waals surface area contributed by atoms with Crippen molar-refractivity contribution in [3.63, 3.8) is 0 Å². The minimum absolute atomic E-state index is 0.0544. The van der Waals surface area contributed by atoms with Crippen LogP contribution in [0.2, 0.25) is 0 Å². The van der Waals surface area contributed by atoms with Gasteiger partial charge in [0, 0.05) is 19.4 Å². The van der Waals surface area contributed by atoms with Gasteiger partial charge in [-0.2, -0.15) is 0 Å². The molecule has 15 heavy (non-hydrogen) atoms. The molecule has 1 fully saturated rings. The zero-order valence-electron chi connectivity index (χ0n) is 8.98. The summed E-state index contributed by atoms with van der Waals surface area (Å²) in [5.41, 5.74) is 1.11. The fourth-order valence-corrected chi connectivity index (χ4v) is 2.34. The highest BCUT2D eigenvalue weighted by Gasteiger charge is 2.32. The molecule has 1 aromatic rings. The van der Waals surface area contributed by atoms with Crippen LogP contribution in [0.15, 0.2) is 30.3 Å². The predicted octanol–water partition coefficient (Wildman–Crippen LogP) is 2.74. The number of hydrogen-bond acceptors (Lipinski definition) is 2. The molecule has 1 aliphatic carbocycles. The molecule has 80 valence electrons.